The van der Waals surface area contributed by atoms with Crippen LogP contribution >= 0.6 is 0 Å². The zero-order valence-corrected chi connectivity index (χ0v) is 12.0. The van der Waals surface area contributed by atoms with Crippen molar-refractivity contribution < 1.29 is 4.52 Å². The lowest BCUT2D eigenvalue weighted by molar-refractivity contribution is 0.218. The minimum atomic E-state index is 0.149. The molecule has 1 aliphatic carbocycles. The van der Waals surface area contributed by atoms with Gasteiger partial charge in [0.2, 0.25) is 5.89 Å². The van der Waals surface area contributed by atoms with Crippen molar-refractivity contribution >= 4 is 0 Å². The van der Waals surface area contributed by atoms with Gasteiger partial charge in [0, 0.05) is 5.92 Å². The fraction of sp³-hybridized carbons (Fsp3) is 0.857. The van der Waals surface area contributed by atoms with Crippen LogP contribution in [0.15, 0.2) is 4.52 Å². The summed E-state index contributed by atoms with van der Waals surface area (Å²) in [5, 5.41) is 7.46. The van der Waals surface area contributed by atoms with Crippen LogP contribution in [0.1, 0.15) is 77.1 Å². The topological polar surface area (TPSA) is 51.0 Å². The van der Waals surface area contributed by atoms with Gasteiger partial charge in [-0.1, -0.05) is 25.9 Å². The lowest BCUT2D eigenvalue weighted by Gasteiger charge is -2.32. The first-order valence-corrected chi connectivity index (χ1v) is 7.09. The average Bonchev–Trinajstić information content (AvgIpc) is 2.79. The normalized spacial score (nSPS) is 22.0. The van der Waals surface area contributed by atoms with Gasteiger partial charge in [0.25, 0.3) is 0 Å². The highest BCUT2D eigenvalue weighted by Crippen LogP contribution is 2.41. The Hall–Kier alpha value is -0.900. The van der Waals surface area contributed by atoms with Crippen LogP contribution in [0.3, 0.4) is 0 Å². The second-order valence-corrected chi connectivity index (χ2v) is 6.21. The first kappa shape index (κ1) is 13.5. The molecule has 1 fully saturated rings. The number of rotatable bonds is 4. The fourth-order valence-corrected chi connectivity index (χ4v) is 2.64. The molecule has 1 N–H and O–H groups in total. The highest BCUT2D eigenvalue weighted by Gasteiger charge is 2.30. The Morgan fingerprint density at radius 1 is 1.39 bits per heavy atom. The van der Waals surface area contributed by atoms with E-state index >= 15 is 0 Å². The second kappa shape index (κ2) is 5.39. The molecule has 4 nitrogen and oxygen atoms in total. The maximum atomic E-state index is 5.36. The first-order chi connectivity index (χ1) is 8.52. The van der Waals surface area contributed by atoms with Crippen molar-refractivity contribution in [3.8, 4) is 0 Å². The third-order valence-corrected chi connectivity index (χ3v) is 4.04. The summed E-state index contributed by atoms with van der Waals surface area (Å²) < 4.78 is 5.36. The van der Waals surface area contributed by atoms with Gasteiger partial charge in [-0.3, -0.25) is 0 Å². The SMILES string of the molecule is CCNC(C)c1nc(C2CCC(C)(C)CC2)no1. The van der Waals surface area contributed by atoms with E-state index in [-0.39, 0.29) is 6.04 Å². The van der Waals surface area contributed by atoms with Gasteiger partial charge in [0.05, 0.1) is 6.04 Å². The fourth-order valence-electron chi connectivity index (χ4n) is 2.64. The third kappa shape index (κ3) is 3.10. The van der Waals surface area contributed by atoms with E-state index in [2.05, 4.69) is 43.2 Å². The molecule has 0 spiro atoms. The molecule has 1 saturated carbocycles. The standard InChI is InChI=1S/C14H25N3O/c1-5-15-10(2)13-16-12(17-18-13)11-6-8-14(3,4)9-7-11/h10-11,15H,5-9H2,1-4H3. The van der Waals surface area contributed by atoms with Crippen LogP contribution in [0.4, 0.5) is 0 Å². The highest BCUT2D eigenvalue weighted by molar-refractivity contribution is 5.00. The molecule has 1 aromatic heterocycles. The molecular formula is C14H25N3O. The number of nitrogens with one attached hydrogen (secondary N) is 1. The van der Waals surface area contributed by atoms with Crippen LogP contribution in [0, 0.1) is 5.41 Å². The molecule has 0 bridgehead atoms. The molecule has 18 heavy (non-hydrogen) atoms. The Bertz CT molecular complexity index is 376. The quantitative estimate of drug-likeness (QED) is 0.890. The summed E-state index contributed by atoms with van der Waals surface area (Å²) in [6.45, 7) is 9.74. The van der Waals surface area contributed by atoms with E-state index in [9.17, 15) is 0 Å². The van der Waals surface area contributed by atoms with E-state index in [1.165, 1.54) is 25.7 Å². The third-order valence-electron chi connectivity index (χ3n) is 4.04. The van der Waals surface area contributed by atoms with Gasteiger partial charge >= 0.3 is 0 Å². The van der Waals surface area contributed by atoms with Crippen LogP contribution < -0.4 is 5.32 Å². The van der Waals surface area contributed by atoms with Crippen LogP contribution in [0.25, 0.3) is 0 Å². The average molecular weight is 251 g/mol. The number of nitrogens with zero attached hydrogens (tertiary/aromatic N) is 2. The molecule has 1 unspecified atom stereocenters. The molecule has 2 rings (SSSR count). The summed E-state index contributed by atoms with van der Waals surface area (Å²) in [6, 6.07) is 0.149. The molecule has 0 aromatic carbocycles. The summed E-state index contributed by atoms with van der Waals surface area (Å²) in [5.41, 5.74) is 0.486. The van der Waals surface area contributed by atoms with E-state index in [1.807, 2.05) is 0 Å². The van der Waals surface area contributed by atoms with E-state index in [1.54, 1.807) is 0 Å². The molecule has 1 aromatic rings. The first-order valence-electron chi connectivity index (χ1n) is 7.09. The highest BCUT2D eigenvalue weighted by atomic mass is 16.5. The van der Waals surface area contributed by atoms with Crippen LogP contribution in [-0.4, -0.2) is 16.7 Å². The van der Waals surface area contributed by atoms with Crippen molar-refractivity contribution in [2.45, 2.75) is 65.3 Å². The van der Waals surface area contributed by atoms with Gasteiger partial charge in [-0.15, -0.1) is 0 Å². The lowest BCUT2D eigenvalue weighted by Crippen LogP contribution is -2.21. The largest absolute Gasteiger partial charge is 0.338 e. The summed E-state index contributed by atoms with van der Waals surface area (Å²) in [6.07, 6.45) is 4.87. The zero-order valence-electron chi connectivity index (χ0n) is 12.0. The molecule has 1 heterocycles. The van der Waals surface area contributed by atoms with E-state index in [0.717, 1.165) is 18.3 Å². The van der Waals surface area contributed by atoms with Crippen molar-refractivity contribution in [1.82, 2.24) is 15.5 Å². The predicted molar refractivity (Wildman–Crippen MR) is 71.4 cm³/mol. The monoisotopic (exact) mass is 251 g/mol. The summed E-state index contributed by atoms with van der Waals surface area (Å²) in [4.78, 5) is 4.56. The van der Waals surface area contributed by atoms with Gasteiger partial charge in [-0.2, -0.15) is 4.98 Å². The molecule has 0 aliphatic heterocycles. The van der Waals surface area contributed by atoms with Crippen LogP contribution in [0.2, 0.25) is 0 Å². The van der Waals surface area contributed by atoms with Gasteiger partial charge in [0.1, 0.15) is 0 Å². The second-order valence-electron chi connectivity index (χ2n) is 6.21. The van der Waals surface area contributed by atoms with Gasteiger partial charge in [-0.05, 0) is 44.6 Å². The van der Waals surface area contributed by atoms with Crippen molar-refractivity contribution in [1.29, 1.82) is 0 Å². The van der Waals surface area contributed by atoms with Gasteiger partial charge < -0.3 is 9.84 Å². The smallest absolute Gasteiger partial charge is 0.243 e. The Balaban J connectivity index is 1.98. The summed E-state index contributed by atoms with van der Waals surface area (Å²) in [7, 11) is 0. The molecule has 1 atom stereocenters. The Morgan fingerprint density at radius 2 is 2.06 bits per heavy atom. The molecule has 102 valence electrons. The van der Waals surface area contributed by atoms with Crippen LogP contribution in [-0.2, 0) is 0 Å². The van der Waals surface area contributed by atoms with Crippen LogP contribution in [0.5, 0.6) is 0 Å². The van der Waals surface area contributed by atoms with E-state index in [4.69, 9.17) is 4.52 Å². The van der Waals surface area contributed by atoms with Crippen molar-refractivity contribution in [3.63, 3.8) is 0 Å². The summed E-state index contributed by atoms with van der Waals surface area (Å²) >= 11 is 0. The van der Waals surface area contributed by atoms with Gasteiger partial charge in [-0.25, -0.2) is 0 Å². The Kier molecular flexibility index (Phi) is 4.05. The molecule has 0 radical (unpaired) electrons. The lowest BCUT2D eigenvalue weighted by atomic mass is 9.73. The van der Waals surface area contributed by atoms with Crippen molar-refractivity contribution in [3.05, 3.63) is 11.7 Å². The van der Waals surface area contributed by atoms with E-state index < -0.39 is 0 Å². The molecule has 4 heteroatoms. The molecule has 0 amide bonds. The number of aromatic nitrogens is 2. The summed E-state index contributed by atoms with van der Waals surface area (Å²) in [5.74, 6) is 2.12. The zero-order chi connectivity index (χ0) is 13.2. The molecule has 1 aliphatic rings. The minimum Gasteiger partial charge on any atom is -0.338 e. The maximum absolute atomic E-state index is 5.36. The maximum Gasteiger partial charge on any atom is 0.243 e. The predicted octanol–water partition coefficient (Wildman–Crippen LogP) is 3.42. The van der Waals surface area contributed by atoms with Crippen molar-refractivity contribution in [2.75, 3.05) is 6.54 Å². The number of hydrogen-bond donors (Lipinski definition) is 1. The van der Waals surface area contributed by atoms with Gasteiger partial charge in [0.15, 0.2) is 5.82 Å². The number of hydrogen-bond acceptors (Lipinski definition) is 4. The Labute approximate surface area is 110 Å². The minimum absolute atomic E-state index is 0.149. The Morgan fingerprint density at radius 3 is 2.67 bits per heavy atom. The van der Waals surface area contributed by atoms with E-state index in [0.29, 0.717) is 11.3 Å². The van der Waals surface area contributed by atoms with Crippen molar-refractivity contribution in [2.24, 2.45) is 5.41 Å². The molecule has 0 saturated heterocycles. The molecular weight excluding hydrogens is 226 g/mol.